The quantitative estimate of drug-likeness (QED) is 0.638. The van der Waals surface area contributed by atoms with E-state index in [0.29, 0.717) is 23.2 Å². The number of hydrogen-bond donors (Lipinski definition) is 2. The molecule has 0 fully saturated rings. The molecule has 0 unspecified atom stereocenters. The van der Waals surface area contributed by atoms with Crippen LogP contribution < -0.4 is 5.32 Å². The van der Waals surface area contributed by atoms with E-state index in [1.165, 1.54) is 6.07 Å². The number of amides is 2. The molecule has 0 saturated carbocycles. The Balaban J connectivity index is 1.82. The SMILES string of the molecule is CC(C)CN1C(=O)c2ccccc2[C@H](C(=O)Nc2cc(F)cc(C#N)c2)[C@H]1c1cn[nH]c1. The third-order valence-corrected chi connectivity index (χ3v) is 5.44. The molecule has 7 nitrogen and oxygen atoms in total. The first kappa shape index (κ1) is 21.2. The maximum Gasteiger partial charge on any atom is 0.254 e. The molecule has 2 N–H and O–H groups in total. The minimum Gasteiger partial charge on any atom is -0.330 e. The zero-order valence-electron chi connectivity index (χ0n) is 17.7. The van der Waals surface area contributed by atoms with Crippen LogP contribution in [0.3, 0.4) is 0 Å². The Labute approximate surface area is 184 Å². The van der Waals surface area contributed by atoms with E-state index < -0.39 is 23.7 Å². The van der Waals surface area contributed by atoms with Crippen LogP contribution in [0.1, 0.15) is 52.9 Å². The number of nitriles is 1. The van der Waals surface area contributed by atoms with Crippen molar-refractivity contribution >= 4 is 17.5 Å². The van der Waals surface area contributed by atoms with Crippen LogP contribution in [-0.4, -0.2) is 33.5 Å². The second kappa shape index (κ2) is 8.63. The molecule has 32 heavy (non-hydrogen) atoms. The Morgan fingerprint density at radius 2 is 2.09 bits per heavy atom. The third-order valence-electron chi connectivity index (χ3n) is 5.44. The van der Waals surface area contributed by atoms with Gasteiger partial charge in [0.05, 0.1) is 29.8 Å². The molecule has 2 aromatic carbocycles. The lowest BCUT2D eigenvalue weighted by atomic mass is 9.79. The van der Waals surface area contributed by atoms with Gasteiger partial charge in [0.15, 0.2) is 0 Å². The Morgan fingerprint density at radius 1 is 1.31 bits per heavy atom. The van der Waals surface area contributed by atoms with Gasteiger partial charge in [0.25, 0.3) is 5.91 Å². The molecule has 0 radical (unpaired) electrons. The van der Waals surface area contributed by atoms with E-state index in [9.17, 15) is 14.0 Å². The minimum atomic E-state index is -0.756. The summed E-state index contributed by atoms with van der Waals surface area (Å²) in [6, 6.07) is 12.0. The molecule has 0 aliphatic carbocycles. The van der Waals surface area contributed by atoms with Crippen LogP contribution in [0.4, 0.5) is 10.1 Å². The van der Waals surface area contributed by atoms with Gasteiger partial charge in [0.2, 0.25) is 5.91 Å². The first-order chi connectivity index (χ1) is 15.4. The third kappa shape index (κ3) is 3.97. The van der Waals surface area contributed by atoms with Gasteiger partial charge >= 0.3 is 0 Å². The summed E-state index contributed by atoms with van der Waals surface area (Å²) >= 11 is 0. The average Bonchev–Trinajstić information content (AvgIpc) is 3.29. The van der Waals surface area contributed by atoms with Crippen LogP contribution in [0.2, 0.25) is 0 Å². The first-order valence-corrected chi connectivity index (χ1v) is 10.3. The number of aromatic amines is 1. The molecule has 1 aromatic heterocycles. The molecule has 1 aliphatic heterocycles. The lowest BCUT2D eigenvalue weighted by molar-refractivity contribution is -0.119. The van der Waals surface area contributed by atoms with E-state index in [4.69, 9.17) is 5.26 Å². The van der Waals surface area contributed by atoms with Crippen molar-refractivity contribution < 1.29 is 14.0 Å². The van der Waals surface area contributed by atoms with Crippen molar-refractivity contribution in [3.63, 3.8) is 0 Å². The molecule has 4 rings (SSSR count). The van der Waals surface area contributed by atoms with Gasteiger partial charge in [-0.05, 0) is 35.7 Å². The largest absolute Gasteiger partial charge is 0.330 e. The van der Waals surface area contributed by atoms with Crippen LogP contribution in [0.5, 0.6) is 0 Å². The smallest absolute Gasteiger partial charge is 0.254 e. The van der Waals surface area contributed by atoms with Gasteiger partial charge < -0.3 is 10.2 Å². The van der Waals surface area contributed by atoms with Crippen molar-refractivity contribution in [2.45, 2.75) is 25.8 Å². The van der Waals surface area contributed by atoms with Crippen LogP contribution in [0.25, 0.3) is 0 Å². The number of benzene rings is 2. The zero-order chi connectivity index (χ0) is 22.8. The van der Waals surface area contributed by atoms with Gasteiger partial charge in [-0.3, -0.25) is 14.7 Å². The molecule has 8 heteroatoms. The number of anilines is 1. The van der Waals surface area contributed by atoms with Crippen molar-refractivity contribution in [1.29, 1.82) is 5.26 Å². The number of carbonyl (C=O) groups excluding carboxylic acids is 2. The molecule has 0 saturated heterocycles. The van der Waals surface area contributed by atoms with Crippen LogP contribution in [-0.2, 0) is 4.79 Å². The van der Waals surface area contributed by atoms with Crippen molar-refractivity contribution in [1.82, 2.24) is 15.1 Å². The molecule has 0 spiro atoms. The summed E-state index contributed by atoms with van der Waals surface area (Å²) in [6.45, 7) is 4.46. The van der Waals surface area contributed by atoms with E-state index >= 15 is 0 Å². The van der Waals surface area contributed by atoms with Gasteiger partial charge in [-0.2, -0.15) is 10.4 Å². The second-order valence-corrected chi connectivity index (χ2v) is 8.22. The van der Waals surface area contributed by atoms with Gasteiger partial charge in [0.1, 0.15) is 5.82 Å². The molecule has 2 amide bonds. The highest BCUT2D eigenvalue weighted by Gasteiger charge is 2.44. The molecular weight excluding hydrogens is 409 g/mol. The maximum absolute atomic E-state index is 13.9. The predicted molar refractivity (Wildman–Crippen MR) is 116 cm³/mol. The van der Waals surface area contributed by atoms with Crippen molar-refractivity contribution in [2.75, 3.05) is 11.9 Å². The van der Waals surface area contributed by atoms with E-state index in [1.807, 2.05) is 19.9 Å². The number of fused-ring (bicyclic) bond motifs is 1. The van der Waals surface area contributed by atoms with Crippen molar-refractivity contribution in [3.05, 3.63) is 82.9 Å². The Morgan fingerprint density at radius 3 is 2.78 bits per heavy atom. The molecule has 2 heterocycles. The molecule has 3 aromatic rings. The molecule has 2 atom stereocenters. The first-order valence-electron chi connectivity index (χ1n) is 10.3. The number of rotatable bonds is 5. The number of nitrogens with one attached hydrogen (secondary N) is 2. The Hall–Kier alpha value is -3.99. The van der Waals surface area contributed by atoms with E-state index in [1.54, 1.807) is 41.6 Å². The summed E-state index contributed by atoms with van der Waals surface area (Å²) in [5.74, 6) is -1.76. The summed E-state index contributed by atoms with van der Waals surface area (Å²) < 4.78 is 13.9. The molecular formula is C24H22FN5O2. The van der Waals surface area contributed by atoms with Crippen molar-refractivity contribution in [2.24, 2.45) is 5.92 Å². The number of carbonyl (C=O) groups is 2. The lowest BCUT2D eigenvalue weighted by Gasteiger charge is -2.42. The molecule has 162 valence electrons. The summed E-state index contributed by atoms with van der Waals surface area (Å²) in [5, 5.41) is 18.7. The van der Waals surface area contributed by atoms with Crippen LogP contribution >= 0.6 is 0 Å². The normalized spacial score (nSPS) is 17.7. The fourth-order valence-corrected chi connectivity index (χ4v) is 4.21. The highest BCUT2D eigenvalue weighted by atomic mass is 19.1. The van der Waals surface area contributed by atoms with Crippen molar-refractivity contribution in [3.8, 4) is 6.07 Å². The van der Waals surface area contributed by atoms with Gasteiger partial charge in [0, 0.05) is 29.6 Å². The molecule has 1 aliphatic rings. The van der Waals surface area contributed by atoms with Gasteiger partial charge in [-0.25, -0.2) is 4.39 Å². The van der Waals surface area contributed by atoms with Gasteiger partial charge in [-0.15, -0.1) is 0 Å². The summed E-state index contributed by atoms with van der Waals surface area (Å²) in [5.41, 5.74) is 2.04. The summed E-state index contributed by atoms with van der Waals surface area (Å²) in [6.07, 6.45) is 3.28. The van der Waals surface area contributed by atoms with Gasteiger partial charge in [-0.1, -0.05) is 32.0 Å². The fraction of sp³-hybridized carbons (Fsp3) is 0.250. The minimum absolute atomic E-state index is 0.104. The number of H-pyrrole nitrogens is 1. The van der Waals surface area contributed by atoms with E-state index in [2.05, 4.69) is 15.5 Å². The highest BCUT2D eigenvalue weighted by molar-refractivity contribution is 6.04. The number of halogens is 1. The average molecular weight is 431 g/mol. The number of aromatic nitrogens is 2. The Bertz CT molecular complexity index is 1200. The van der Waals surface area contributed by atoms with E-state index in [0.717, 1.165) is 12.1 Å². The molecule has 0 bridgehead atoms. The summed E-state index contributed by atoms with van der Waals surface area (Å²) in [4.78, 5) is 28.7. The zero-order valence-corrected chi connectivity index (χ0v) is 17.7. The second-order valence-electron chi connectivity index (χ2n) is 8.22. The fourth-order valence-electron chi connectivity index (χ4n) is 4.21. The lowest BCUT2D eigenvalue weighted by Crippen LogP contribution is -2.47. The standard InChI is InChI=1S/C24H22FN5O2/c1-14(2)13-30-22(16-11-27-28-12-16)21(19-5-3-4-6-20(19)24(30)32)23(31)29-18-8-15(10-26)7-17(25)9-18/h3-9,11-12,14,21-22H,13H2,1-2H3,(H,27,28)(H,29,31)/t21-,22+/m0/s1. The number of hydrogen-bond acceptors (Lipinski definition) is 4. The van der Waals surface area contributed by atoms with E-state index in [-0.39, 0.29) is 23.1 Å². The number of nitrogens with zero attached hydrogens (tertiary/aromatic N) is 3. The highest BCUT2D eigenvalue weighted by Crippen LogP contribution is 2.43. The van der Waals surface area contributed by atoms with Crippen LogP contribution in [0, 0.1) is 23.1 Å². The van der Waals surface area contributed by atoms with Crippen LogP contribution in [0.15, 0.2) is 54.9 Å². The summed E-state index contributed by atoms with van der Waals surface area (Å²) in [7, 11) is 0. The monoisotopic (exact) mass is 431 g/mol. The maximum atomic E-state index is 13.9. The topological polar surface area (TPSA) is 102 Å². The predicted octanol–water partition coefficient (Wildman–Crippen LogP) is 4.00. The Kier molecular flexibility index (Phi) is 5.73.